The highest BCUT2D eigenvalue weighted by Crippen LogP contribution is 2.34. The summed E-state index contributed by atoms with van der Waals surface area (Å²) in [4.78, 5) is 4.23. The average molecular weight is 353 g/mol. The van der Waals surface area contributed by atoms with Gasteiger partial charge in [0.2, 0.25) is 5.82 Å². The number of alkyl halides is 2. The summed E-state index contributed by atoms with van der Waals surface area (Å²) < 4.78 is 39.9. The molecule has 0 saturated carbocycles. The van der Waals surface area contributed by atoms with Crippen LogP contribution < -0.4 is 9.47 Å². The Hall–Kier alpha value is -2.67. The molecule has 0 aliphatic carbocycles. The number of benzene rings is 2. The van der Waals surface area contributed by atoms with Gasteiger partial charge in [-0.1, -0.05) is 28.9 Å². The first-order valence-electron chi connectivity index (χ1n) is 6.80. The number of para-hydroxylation sites is 1. The van der Waals surface area contributed by atoms with Crippen molar-refractivity contribution in [3.05, 3.63) is 47.5 Å². The van der Waals surface area contributed by atoms with E-state index in [1.54, 1.807) is 36.4 Å². The predicted molar refractivity (Wildman–Crippen MR) is 83.4 cm³/mol. The highest BCUT2D eigenvalue weighted by molar-refractivity contribution is 6.30. The largest absolute Gasteiger partial charge is 0.496 e. The molecule has 3 aromatic rings. The molecule has 24 heavy (non-hydrogen) atoms. The number of hydrogen-bond donors (Lipinski definition) is 0. The smallest absolute Gasteiger partial charge is 0.387 e. The van der Waals surface area contributed by atoms with Crippen molar-refractivity contribution < 1.29 is 22.8 Å². The van der Waals surface area contributed by atoms with Crippen LogP contribution in [0.3, 0.4) is 0 Å². The van der Waals surface area contributed by atoms with E-state index < -0.39 is 6.61 Å². The van der Waals surface area contributed by atoms with Gasteiger partial charge in [0.05, 0.1) is 18.2 Å². The van der Waals surface area contributed by atoms with Crippen LogP contribution in [0.4, 0.5) is 8.78 Å². The van der Waals surface area contributed by atoms with Gasteiger partial charge in [-0.15, -0.1) is 0 Å². The second-order valence-electron chi connectivity index (χ2n) is 4.64. The normalized spacial score (nSPS) is 10.9. The fourth-order valence-electron chi connectivity index (χ4n) is 2.14. The van der Waals surface area contributed by atoms with Crippen LogP contribution in [0.2, 0.25) is 5.02 Å². The molecule has 8 heteroatoms. The molecule has 0 aliphatic heterocycles. The number of ether oxygens (including phenoxy) is 2. The van der Waals surface area contributed by atoms with E-state index in [0.29, 0.717) is 16.3 Å². The molecule has 0 N–H and O–H groups in total. The van der Waals surface area contributed by atoms with Gasteiger partial charge in [-0.05, 0) is 30.3 Å². The van der Waals surface area contributed by atoms with Gasteiger partial charge in [0.25, 0.3) is 5.89 Å². The van der Waals surface area contributed by atoms with Crippen molar-refractivity contribution in [3.63, 3.8) is 0 Å². The fourth-order valence-corrected chi connectivity index (χ4v) is 2.31. The summed E-state index contributed by atoms with van der Waals surface area (Å²) in [6.45, 7) is -2.96. The molecule has 0 atom stereocenters. The Morgan fingerprint density at radius 1 is 1.08 bits per heavy atom. The summed E-state index contributed by atoms with van der Waals surface area (Å²) in [5, 5.41) is 4.34. The Bertz CT molecular complexity index is 855. The number of halogens is 3. The first-order valence-corrected chi connectivity index (χ1v) is 7.18. The maximum atomic E-state index is 12.5. The lowest BCUT2D eigenvalue weighted by atomic mass is 10.2. The number of aromatic nitrogens is 2. The third-order valence-corrected chi connectivity index (χ3v) is 3.40. The molecular formula is C16H11ClF2N2O3. The van der Waals surface area contributed by atoms with E-state index in [-0.39, 0.29) is 23.0 Å². The van der Waals surface area contributed by atoms with E-state index >= 15 is 0 Å². The predicted octanol–water partition coefficient (Wildman–Crippen LogP) is 4.67. The van der Waals surface area contributed by atoms with Gasteiger partial charge in [-0.25, -0.2) is 0 Å². The van der Waals surface area contributed by atoms with Crippen molar-refractivity contribution in [3.8, 4) is 34.3 Å². The van der Waals surface area contributed by atoms with Gasteiger partial charge in [0, 0.05) is 5.02 Å². The van der Waals surface area contributed by atoms with Crippen molar-refractivity contribution in [1.82, 2.24) is 10.1 Å². The number of methoxy groups -OCH3 is 1. The van der Waals surface area contributed by atoms with Crippen LogP contribution in [0.5, 0.6) is 11.5 Å². The minimum absolute atomic E-state index is 0.0447. The van der Waals surface area contributed by atoms with Crippen LogP contribution in [0.1, 0.15) is 0 Å². The lowest BCUT2D eigenvalue weighted by Gasteiger charge is -2.07. The highest BCUT2D eigenvalue weighted by atomic mass is 35.5. The zero-order valence-corrected chi connectivity index (χ0v) is 13.1. The summed E-state index contributed by atoms with van der Waals surface area (Å²) in [6.07, 6.45) is 0. The minimum atomic E-state index is -2.96. The van der Waals surface area contributed by atoms with E-state index in [9.17, 15) is 8.78 Å². The van der Waals surface area contributed by atoms with Crippen LogP contribution in [-0.2, 0) is 0 Å². The number of rotatable bonds is 5. The average Bonchev–Trinajstić information content (AvgIpc) is 3.04. The van der Waals surface area contributed by atoms with Crippen molar-refractivity contribution in [1.29, 1.82) is 0 Å². The topological polar surface area (TPSA) is 57.4 Å². The summed E-state index contributed by atoms with van der Waals surface area (Å²) >= 11 is 5.98. The fraction of sp³-hybridized carbons (Fsp3) is 0.125. The molecule has 0 spiro atoms. The Morgan fingerprint density at radius 2 is 1.88 bits per heavy atom. The van der Waals surface area contributed by atoms with Gasteiger partial charge < -0.3 is 14.0 Å². The molecule has 0 bridgehead atoms. The zero-order valence-electron chi connectivity index (χ0n) is 12.4. The van der Waals surface area contributed by atoms with Gasteiger partial charge in [0.1, 0.15) is 11.5 Å². The summed E-state index contributed by atoms with van der Waals surface area (Å²) in [5.41, 5.74) is 0.782. The number of hydrogen-bond acceptors (Lipinski definition) is 5. The molecule has 2 aromatic carbocycles. The Kier molecular flexibility index (Phi) is 4.61. The summed E-state index contributed by atoms with van der Waals surface area (Å²) in [7, 11) is 1.50. The number of nitrogens with zero attached hydrogens (tertiary/aromatic N) is 2. The molecule has 1 aromatic heterocycles. The van der Waals surface area contributed by atoms with Crippen molar-refractivity contribution in [2.45, 2.75) is 6.61 Å². The lowest BCUT2D eigenvalue weighted by molar-refractivity contribution is -0.0495. The van der Waals surface area contributed by atoms with Crippen LogP contribution in [0.15, 0.2) is 47.0 Å². The van der Waals surface area contributed by atoms with E-state index in [4.69, 9.17) is 20.9 Å². The Balaban J connectivity index is 2.02. The van der Waals surface area contributed by atoms with Crippen LogP contribution in [-0.4, -0.2) is 23.9 Å². The van der Waals surface area contributed by atoms with Crippen molar-refractivity contribution in [2.75, 3.05) is 7.11 Å². The third-order valence-electron chi connectivity index (χ3n) is 3.16. The lowest BCUT2D eigenvalue weighted by Crippen LogP contribution is -2.03. The molecule has 3 rings (SSSR count). The van der Waals surface area contributed by atoms with E-state index in [1.807, 2.05) is 0 Å². The Morgan fingerprint density at radius 3 is 2.62 bits per heavy atom. The maximum Gasteiger partial charge on any atom is 0.387 e. The Labute approximate surface area is 140 Å². The molecular weight excluding hydrogens is 342 g/mol. The van der Waals surface area contributed by atoms with Gasteiger partial charge >= 0.3 is 6.61 Å². The van der Waals surface area contributed by atoms with Gasteiger partial charge in [-0.2, -0.15) is 13.8 Å². The molecule has 124 valence electrons. The molecule has 1 heterocycles. The summed E-state index contributed by atoms with van der Waals surface area (Å²) in [5.74, 6) is 0.712. The van der Waals surface area contributed by atoms with E-state index in [0.717, 1.165) is 0 Å². The molecule has 0 amide bonds. The molecule has 5 nitrogen and oxygen atoms in total. The quantitative estimate of drug-likeness (QED) is 0.668. The van der Waals surface area contributed by atoms with Crippen LogP contribution in [0.25, 0.3) is 22.8 Å². The van der Waals surface area contributed by atoms with Crippen LogP contribution in [0, 0.1) is 0 Å². The molecule has 0 unspecified atom stereocenters. The van der Waals surface area contributed by atoms with Crippen molar-refractivity contribution in [2.24, 2.45) is 0 Å². The van der Waals surface area contributed by atoms with Crippen LogP contribution >= 0.6 is 11.6 Å². The standard InChI is InChI=1S/C16H11ClF2N2O3/c1-22-12-7-6-9(17)8-11(12)14-20-15(24-21-14)10-4-2-3-5-13(10)23-16(18)19/h2-8,16H,1H3. The second-order valence-corrected chi connectivity index (χ2v) is 5.08. The van der Waals surface area contributed by atoms with Crippen molar-refractivity contribution >= 4 is 11.6 Å². The highest BCUT2D eigenvalue weighted by Gasteiger charge is 2.19. The van der Waals surface area contributed by atoms with E-state index in [1.165, 1.54) is 13.2 Å². The SMILES string of the molecule is COc1ccc(Cl)cc1-c1noc(-c2ccccc2OC(F)F)n1. The second kappa shape index (κ2) is 6.84. The molecule has 0 radical (unpaired) electrons. The molecule has 0 fully saturated rings. The minimum Gasteiger partial charge on any atom is -0.496 e. The van der Waals surface area contributed by atoms with Gasteiger partial charge in [0.15, 0.2) is 0 Å². The first-order chi connectivity index (χ1) is 11.6. The maximum absolute atomic E-state index is 12.5. The first kappa shape index (κ1) is 16.2. The monoisotopic (exact) mass is 352 g/mol. The molecule has 0 aliphatic rings. The van der Waals surface area contributed by atoms with Gasteiger partial charge in [-0.3, -0.25) is 0 Å². The molecule has 0 saturated heterocycles. The summed E-state index contributed by atoms with van der Waals surface area (Å²) in [6, 6.07) is 11.1. The van der Waals surface area contributed by atoms with E-state index in [2.05, 4.69) is 14.9 Å². The third kappa shape index (κ3) is 3.30. The zero-order chi connectivity index (χ0) is 17.1.